The average Bonchev–Trinajstić information content (AvgIpc) is 2.58. The third-order valence-electron chi connectivity index (χ3n) is 3.73. The first-order valence-corrected chi connectivity index (χ1v) is 8.12. The highest BCUT2D eigenvalue weighted by Gasteiger charge is 2.15. The summed E-state index contributed by atoms with van der Waals surface area (Å²) in [6, 6.07) is 13.8. The van der Waals surface area contributed by atoms with Gasteiger partial charge in [0.05, 0.1) is 12.1 Å². The van der Waals surface area contributed by atoms with E-state index in [2.05, 4.69) is 26.1 Å². The summed E-state index contributed by atoms with van der Waals surface area (Å²) in [4.78, 5) is 23.1. The zero-order valence-corrected chi connectivity index (χ0v) is 14.7. The van der Waals surface area contributed by atoms with Crippen LogP contribution in [0.4, 0.5) is 0 Å². The van der Waals surface area contributed by atoms with Crippen molar-refractivity contribution in [2.45, 2.75) is 26.2 Å². The lowest BCUT2D eigenvalue weighted by Crippen LogP contribution is -2.28. The number of rotatable bonds is 6. The molecule has 1 amide bonds. The van der Waals surface area contributed by atoms with Crippen LogP contribution in [-0.4, -0.2) is 30.1 Å². The molecule has 2 N–H and O–H groups in total. The van der Waals surface area contributed by atoms with Crippen molar-refractivity contribution in [3.8, 4) is 5.75 Å². The SMILES string of the molecule is CC(C)(C)c1cccc(C(=O)NCCOc2cccc(C(=O)O)c2)c1. The number of nitrogens with one attached hydrogen (secondary N) is 1. The number of carboxylic acids is 1. The van der Waals surface area contributed by atoms with Crippen LogP contribution < -0.4 is 10.1 Å². The van der Waals surface area contributed by atoms with Crippen molar-refractivity contribution in [2.75, 3.05) is 13.2 Å². The standard InChI is InChI=1S/C20H23NO4/c1-20(2,3)16-8-4-6-14(12-16)18(22)21-10-11-25-17-9-5-7-15(13-17)19(23)24/h4-9,12-13H,10-11H2,1-3H3,(H,21,22)(H,23,24). The minimum absolute atomic E-state index is 0.0193. The summed E-state index contributed by atoms with van der Waals surface area (Å²) in [5.74, 6) is -0.699. The third-order valence-corrected chi connectivity index (χ3v) is 3.73. The van der Waals surface area contributed by atoms with E-state index >= 15 is 0 Å². The Labute approximate surface area is 147 Å². The highest BCUT2D eigenvalue weighted by atomic mass is 16.5. The first-order chi connectivity index (χ1) is 11.8. The molecule has 0 fully saturated rings. The molecule has 2 aromatic rings. The Hall–Kier alpha value is -2.82. The fourth-order valence-electron chi connectivity index (χ4n) is 2.28. The van der Waals surface area contributed by atoms with Gasteiger partial charge >= 0.3 is 5.97 Å². The molecule has 0 aliphatic rings. The average molecular weight is 341 g/mol. The summed E-state index contributed by atoms with van der Waals surface area (Å²) in [5, 5.41) is 11.8. The minimum atomic E-state index is -1.00. The fraction of sp³-hybridized carbons (Fsp3) is 0.300. The lowest BCUT2D eigenvalue weighted by Gasteiger charge is -2.19. The lowest BCUT2D eigenvalue weighted by atomic mass is 9.86. The molecule has 0 unspecified atom stereocenters. The van der Waals surface area contributed by atoms with Crippen molar-refractivity contribution in [2.24, 2.45) is 0 Å². The minimum Gasteiger partial charge on any atom is -0.492 e. The number of ether oxygens (including phenoxy) is 1. The van der Waals surface area contributed by atoms with E-state index in [4.69, 9.17) is 9.84 Å². The molecule has 0 aromatic heterocycles. The van der Waals surface area contributed by atoms with Gasteiger partial charge in [-0.05, 0) is 41.3 Å². The summed E-state index contributed by atoms with van der Waals surface area (Å²) in [5.41, 5.74) is 1.86. The molecule has 5 nitrogen and oxygen atoms in total. The van der Waals surface area contributed by atoms with E-state index in [0.29, 0.717) is 17.9 Å². The van der Waals surface area contributed by atoms with Gasteiger partial charge in [-0.25, -0.2) is 4.79 Å². The van der Waals surface area contributed by atoms with Crippen molar-refractivity contribution in [3.05, 3.63) is 65.2 Å². The number of aromatic carboxylic acids is 1. The van der Waals surface area contributed by atoms with E-state index in [0.717, 1.165) is 5.56 Å². The number of carboxylic acid groups (broad SMARTS) is 1. The van der Waals surface area contributed by atoms with Crippen molar-refractivity contribution < 1.29 is 19.4 Å². The van der Waals surface area contributed by atoms with Crippen LogP contribution in [0, 0.1) is 0 Å². The fourth-order valence-corrected chi connectivity index (χ4v) is 2.28. The summed E-state index contributed by atoms with van der Waals surface area (Å²) in [6.07, 6.45) is 0. The van der Waals surface area contributed by atoms with Crippen LogP contribution in [0.3, 0.4) is 0 Å². The van der Waals surface area contributed by atoms with Crippen molar-refractivity contribution >= 4 is 11.9 Å². The first-order valence-electron chi connectivity index (χ1n) is 8.12. The van der Waals surface area contributed by atoms with Crippen LogP contribution >= 0.6 is 0 Å². The lowest BCUT2D eigenvalue weighted by molar-refractivity contribution is 0.0696. The molecule has 0 bridgehead atoms. The Morgan fingerprint density at radius 2 is 1.72 bits per heavy atom. The van der Waals surface area contributed by atoms with E-state index in [1.165, 1.54) is 12.1 Å². The Morgan fingerprint density at radius 3 is 2.40 bits per heavy atom. The van der Waals surface area contributed by atoms with Gasteiger partial charge in [-0.1, -0.05) is 39.0 Å². The predicted molar refractivity (Wildman–Crippen MR) is 96.4 cm³/mol. The zero-order chi connectivity index (χ0) is 18.4. The second kappa shape index (κ2) is 7.83. The summed E-state index contributed by atoms with van der Waals surface area (Å²) in [6.45, 7) is 6.89. The molecule has 0 aliphatic carbocycles. The molecular formula is C20H23NO4. The van der Waals surface area contributed by atoms with E-state index in [1.807, 2.05) is 18.2 Å². The van der Waals surface area contributed by atoms with Gasteiger partial charge in [0.25, 0.3) is 5.91 Å². The Kier molecular flexibility index (Phi) is 5.80. The van der Waals surface area contributed by atoms with Crippen LogP contribution in [0.5, 0.6) is 5.75 Å². The Balaban J connectivity index is 1.87. The number of amides is 1. The van der Waals surface area contributed by atoms with Crippen LogP contribution in [0.15, 0.2) is 48.5 Å². The van der Waals surface area contributed by atoms with E-state index in [9.17, 15) is 9.59 Å². The van der Waals surface area contributed by atoms with Gasteiger partial charge in [-0.15, -0.1) is 0 Å². The van der Waals surface area contributed by atoms with E-state index in [-0.39, 0.29) is 23.5 Å². The van der Waals surface area contributed by atoms with Crippen LogP contribution in [0.2, 0.25) is 0 Å². The maximum absolute atomic E-state index is 12.2. The molecule has 0 heterocycles. The maximum Gasteiger partial charge on any atom is 0.335 e. The topological polar surface area (TPSA) is 75.6 Å². The molecule has 2 aromatic carbocycles. The van der Waals surface area contributed by atoms with Gasteiger partial charge in [0.15, 0.2) is 0 Å². The molecule has 0 aliphatic heterocycles. The number of benzene rings is 2. The van der Waals surface area contributed by atoms with Crippen molar-refractivity contribution in [3.63, 3.8) is 0 Å². The Morgan fingerprint density at radius 1 is 1.04 bits per heavy atom. The molecule has 0 spiro atoms. The normalized spacial score (nSPS) is 11.0. The number of carbonyl (C=O) groups excluding carboxylic acids is 1. The zero-order valence-electron chi connectivity index (χ0n) is 14.7. The molecule has 0 saturated heterocycles. The number of hydrogen-bond acceptors (Lipinski definition) is 3. The number of hydrogen-bond donors (Lipinski definition) is 2. The molecule has 25 heavy (non-hydrogen) atoms. The molecule has 5 heteroatoms. The summed E-state index contributed by atoms with van der Waals surface area (Å²) >= 11 is 0. The quantitative estimate of drug-likeness (QED) is 0.789. The van der Waals surface area contributed by atoms with Gasteiger partial charge in [-0.3, -0.25) is 4.79 Å². The first kappa shape index (κ1) is 18.5. The molecule has 0 saturated carbocycles. The van der Waals surface area contributed by atoms with Gasteiger partial charge < -0.3 is 15.2 Å². The van der Waals surface area contributed by atoms with E-state index in [1.54, 1.807) is 18.2 Å². The smallest absolute Gasteiger partial charge is 0.335 e. The van der Waals surface area contributed by atoms with Crippen LogP contribution in [0.25, 0.3) is 0 Å². The molecule has 0 atom stereocenters. The Bertz CT molecular complexity index is 762. The largest absolute Gasteiger partial charge is 0.492 e. The van der Waals surface area contributed by atoms with Gasteiger partial charge in [0.2, 0.25) is 0 Å². The van der Waals surface area contributed by atoms with Gasteiger partial charge in [-0.2, -0.15) is 0 Å². The highest BCUT2D eigenvalue weighted by molar-refractivity contribution is 5.94. The van der Waals surface area contributed by atoms with Gasteiger partial charge in [0.1, 0.15) is 12.4 Å². The van der Waals surface area contributed by atoms with Crippen LogP contribution in [-0.2, 0) is 5.41 Å². The molecule has 2 rings (SSSR count). The summed E-state index contributed by atoms with van der Waals surface area (Å²) < 4.78 is 5.48. The second-order valence-corrected chi connectivity index (χ2v) is 6.77. The highest BCUT2D eigenvalue weighted by Crippen LogP contribution is 2.22. The van der Waals surface area contributed by atoms with Crippen molar-refractivity contribution in [1.82, 2.24) is 5.32 Å². The second-order valence-electron chi connectivity index (χ2n) is 6.77. The van der Waals surface area contributed by atoms with Crippen LogP contribution in [0.1, 0.15) is 47.1 Å². The van der Waals surface area contributed by atoms with Gasteiger partial charge in [0, 0.05) is 5.56 Å². The monoisotopic (exact) mass is 341 g/mol. The predicted octanol–water partition coefficient (Wildman–Crippen LogP) is 3.49. The third kappa shape index (κ3) is 5.35. The maximum atomic E-state index is 12.2. The summed E-state index contributed by atoms with van der Waals surface area (Å²) in [7, 11) is 0. The number of carbonyl (C=O) groups is 2. The van der Waals surface area contributed by atoms with Crippen molar-refractivity contribution in [1.29, 1.82) is 0 Å². The van der Waals surface area contributed by atoms with E-state index < -0.39 is 5.97 Å². The molecule has 132 valence electrons. The molecular weight excluding hydrogens is 318 g/mol. The molecule has 0 radical (unpaired) electrons.